The van der Waals surface area contributed by atoms with Gasteiger partial charge in [-0.3, -0.25) is 4.79 Å². The topological polar surface area (TPSA) is 73.6 Å². The maximum absolute atomic E-state index is 12.7. The van der Waals surface area contributed by atoms with Crippen molar-refractivity contribution in [3.63, 3.8) is 0 Å². The van der Waals surface area contributed by atoms with Gasteiger partial charge in [0, 0.05) is 25.2 Å². The predicted molar refractivity (Wildman–Crippen MR) is 118 cm³/mol. The summed E-state index contributed by atoms with van der Waals surface area (Å²) >= 11 is 0. The molecule has 1 aliphatic rings. The highest BCUT2D eigenvalue weighted by Gasteiger charge is 2.35. The minimum absolute atomic E-state index is 0. The van der Waals surface area contributed by atoms with Gasteiger partial charge in [-0.2, -0.15) is 0 Å². The highest BCUT2D eigenvalue weighted by Crippen LogP contribution is 2.35. The fraction of sp³-hybridized carbons (Fsp3) is 0.435. The number of amides is 1. The van der Waals surface area contributed by atoms with E-state index in [2.05, 4.69) is 17.4 Å². The number of benzene rings is 2. The molecule has 0 spiro atoms. The third-order valence-electron chi connectivity index (χ3n) is 5.55. The van der Waals surface area contributed by atoms with Gasteiger partial charge in [0.2, 0.25) is 5.91 Å². The Bertz CT molecular complexity index is 772. The largest absolute Gasteiger partial charge is 0.494 e. The van der Waals surface area contributed by atoms with Crippen LogP contribution >= 0.6 is 12.4 Å². The molecule has 1 atom stereocenters. The smallest absolute Gasteiger partial charge is 0.241 e. The van der Waals surface area contributed by atoms with Gasteiger partial charge in [0.25, 0.3) is 0 Å². The molecule has 29 heavy (non-hydrogen) atoms. The fourth-order valence-corrected chi connectivity index (χ4v) is 3.69. The van der Waals surface area contributed by atoms with Crippen LogP contribution in [0.4, 0.5) is 0 Å². The molecule has 0 saturated carbocycles. The van der Waals surface area contributed by atoms with Crippen LogP contribution in [0.2, 0.25) is 0 Å². The van der Waals surface area contributed by atoms with Crippen LogP contribution in [0.15, 0.2) is 48.5 Å². The number of rotatable bonds is 7. The molecule has 1 heterocycles. The molecule has 0 aliphatic carbocycles. The van der Waals surface area contributed by atoms with E-state index in [0.717, 1.165) is 29.7 Å². The summed E-state index contributed by atoms with van der Waals surface area (Å²) < 4.78 is 11.1. The third-order valence-corrected chi connectivity index (χ3v) is 5.55. The molecule has 2 aromatic carbocycles. The van der Waals surface area contributed by atoms with Crippen LogP contribution < -0.4 is 15.8 Å². The first-order valence-electron chi connectivity index (χ1n) is 9.95. The fourth-order valence-electron chi connectivity index (χ4n) is 3.69. The predicted octanol–water partition coefficient (Wildman–Crippen LogP) is 3.68. The zero-order valence-corrected chi connectivity index (χ0v) is 18.0. The van der Waals surface area contributed by atoms with E-state index in [4.69, 9.17) is 15.2 Å². The number of halogens is 1. The Balaban J connectivity index is 0.00000300. The van der Waals surface area contributed by atoms with Crippen molar-refractivity contribution in [2.24, 2.45) is 5.73 Å². The number of nitrogens with two attached hydrogens (primary N) is 1. The lowest BCUT2D eigenvalue weighted by molar-refractivity contribution is -0.123. The summed E-state index contributed by atoms with van der Waals surface area (Å²) in [5.74, 6) is 0.708. The molecule has 5 nitrogen and oxygen atoms in total. The maximum Gasteiger partial charge on any atom is 0.241 e. The first kappa shape index (κ1) is 23.2. The van der Waals surface area contributed by atoms with Crippen LogP contribution in [0.25, 0.3) is 0 Å². The molecule has 158 valence electrons. The van der Waals surface area contributed by atoms with E-state index in [-0.39, 0.29) is 23.7 Å². The van der Waals surface area contributed by atoms with Gasteiger partial charge in [0.15, 0.2) is 0 Å². The molecule has 3 N–H and O–H groups in total. The molecule has 1 fully saturated rings. The van der Waals surface area contributed by atoms with Crippen LogP contribution in [0, 0.1) is 6.92 Å². The monoisotopic (exact) mass is 418 g/mol. The van der Waals surface area contributed by atoms with Crippen molar-refractivity contribution in [2.75, 3.05) is 26.4 Å². The third kappa shape index (κ3) is 5.72. The molecule has 1 unspecified atom stereocenters. The van der Waals surface area contributed by atoms with E-state index in [0.29, 0.717) is 26.4 Å². The lowest BCUT2D eigenvalue weighted by atomic mass is 9.74. The van der Waals surface area contributed by atoms with Crippen molar-refractivity contribution < 1.29 is 14.3 Å². The van der Waals surface area contributed by atoms with Crippen LogP contribution in [-0.4, -0.2) is 32.3 Å². The Morgan fingerprint density at radius 3 is 2.34 bits per heavy atom. The highest BCUT2D eigenvalue weighted by atomic mass is 35.5. The van der Waals surface area contributed by atoms with Crippen molar-refractivity contribution in [1.82, 2.24) is 5.32 Å². The average molecular weight is 419 g/mol. The second kappa shape index (κ2) is 10.6. The summed E-state index contributed by atoms with van der Waals surface area (Å²) in [7, 11) is 0. The number of hydrogen-bond donors (Lipinski definition) is 2. The number of ether oxygens (including phenoxy) is 2. The molecular formula is C23H31ClN2O3. The van der Waals surface area contributed by atoms with E-state index < -0.39 is 6.04 Å². The van der Waals surface area contributed by atoms with Gasteiger partial charge in [-0.25, -0.2) is 0 Å². The van der Waals surface area contributed by atoms with Crippen molar-refractivity contribution in [2.45, 2.75) is 38.1 Å². The second-order valence-electron chi connectivity index (χ2n) is 7.46. The Morgan fingerprint density at radius 2 is 1.76 bits per heavy atom. The quantitative estimate of drug-likeness (QED) is 0.719. The normalized spacial score (nSPS) is 16.4. The summed E-state index contributed by atoms with van der Waals surface area (Å²) in [4.78, 5) is 12.7. The second-order valence-corrected chi connectivity index (χ2v) is 7.46. The summed E-state index contributed by atoms with van der Waals surface area (Å²) in [6, 6.07) is 15.3. The van der Waals surface area contributed by atoms with Gasteiger partial charge < -0.3 is 20.5 Å². The van der Waals surface area contributed by atoms with E-state index in [1.165, 1.54) is 5.56 Å². The Labute approximate surface area is 179 Å². The maximum atomic E-state index is 12.7. The summed E-state index contributed by atoms with van der Waals surface area (Å²) in [5, 5.41) is 3.09. The molecule has 1 amide bonds. The molecule has 6 heteroatoms. The van der Waals surface area contributed by atoms with Crippen LogP contribution in [0.3, 0.4) is 0 Å². The standard InChI is InChI=1S/C23H30N2O3.ClH/c1-3-28-20-10-8-19(9-11-20)23(12-14-27-15-13-23)16-25-22(26)21(24)18-6-4-17(2)5-7-18;/h4-11,21H,3,12-16,24H2,1-2H3,(H,25,26);1H. The number of aryl methyl sites for hydroxylation is 1. The minimum atomic E-state index is -0.669. The Kier molecular flexibility index (Phi) is 8.50. The first-order chi connectivity index (χ1) is 13.5. The van der Waals surface area contributed by atoms with Gasteiger partial charge in [-0.15, -0.1) is 12.4 Å². The SMILES string of the molecule is CCOc1ccc(C2(CNC(=O)C(N)c3ccc(C)cc3)CCOCC2)cc1.Cl. The lowest BCUT2D eigenvalue weighted by Gasteiger charge is -2.38. The van der Waals surface area contributed by atoms with Gasteiger partial charge >= 0.3 is 0 Å². The molecule has 0 bridgehead atoms. The lowest BCUT2D eigenvalue weighted by Crippen LogP contribution is -2.46. The molecular weight excluding hydrogens is 388 g/mol. The van der Waals surface area contributed by atoms with E-state index in [9.17, 15) is 4.79 Å². The summed E-state index contributed by atoms with van der Waals surface area (Å²) in [6.07, 6.45) is 1.72. The van der Waals surface area contributed by atoms with Gasteiger partial charge in [0.1, 0.15) is 11.8 Å². The van der Waals surface area contributed by atoms with Gasteiger partial charge in [0.05, 0.1) is 6.61 Å². The van der Waals surface area contributed by atoms with Gasteiger partial charge in [-0.1, -0.05) is 42.0 Å². The minimum Gasteiger partial charge on any atom is -0.494 e. The highest BCUT2D eigenvalue weighted by molar-refractivity contribution is 5.85. The van der Waals surface area contributed by atoms with Crippen LogP contribution in [0.1, 0.15) is 42.5 Å². The zero-order chi connectivity index (χ0) is 20.0. The van der Waals surface area contributed by atoms with Crippen LogP contribution in [0.5, 0.6) is 5.75 Å². The van der Waals surface area contributed by atoms with E-state index in [1.807, 2.05) is 50.2 Å². The first-order valence-corrected chi connectivity index (χ1v) is 9.95. The van der Waals surface area contributed by atoms with E-state index in [1.54, 1.807) is 0 Å². The summed E-state index contributed by atoms with van der Waals surface area (Å²) in [6.45, 7) is 6.55. The average Bonchev–Trinajstić information content (AvgIpc) is 2.73. The van der Waals surface area contributed by atoms with Crippen molar-refractivity contribution in [1.29, 1.82) is 0 Å². The Morgan fingerprint density at radius 1 is 1.14 bits per heavy atom. The van der Waals surface area contributed by atoms with Crippen LogP contribution in [-0.2, 0) is 14.9 Å². The van der Waals surface area contributed by atoms with Crippen molar-refractivity contribution in [3.05, 3.63) is 65.2 Å². The number of carbonyl (C=O) groups is 1. The number of hydrogen-bond acceptors (Lipinski definition) is 4. The zero-order valence-electron chi connectivity index (χ0n) is 17.1. The molecule has 2 aromatic rings. The molecule has 3 rings (SSSR count). The molecule has 0 radical (unpaired) electrons. The summed E-state index contributed by atoms with van der Waals surface area (Å²) in [5.41, 5.74) is 9.21. The Hall–Kier alpha value is -2.08. The number of nitrogens with one attached hydrogen (secondary N) is 1. The molecule has 1 saturated heterocycles. The number of carbonyl (C=O) groups excluding carboxylic acids is 1. The van der Waals surface area contributed by atoms with Crippen molar-refractivity contribution in [3.8, 4) is 5.75 Å². The van der Waals surface area contributed by atoms with E-state index >= 15 is 0 Å². The van der Waals surface area contributed by atoms with Gasteiger partial charge in [-0.05, 0) is 49.9 Å². The van der Waals surface area contributed by atoms with Crippen molar-refractivity contribution >= 4 is 18.3 Å². The molecule has 0 aromatic heterocycles. The molecule has 1 aliphatic heterocycles.